The van der Waals surface area contributed by atoms with Crippen molar-refractivity contribution in [1.82, 2.24) is 5.43 Å². The van der Waals surface area contributed by atoms with Crippen LogP contribution < -0.4 is 15.2 Å². The van der Waals surface area contributed by atoms with E-state index in [2.05, 4.69) is 5.43 Å². The lowest BCUT2D eigenvalue weighted by Crippen LogP contribution is -2.42. The van der Waals surface area contributed by atoms with Gasteiger partial charge in [-0.3, -0.25) is 15.0 Å². The smallest absolute Gasteiger partial charge is 0.312 e. The molecule has 2 N–H and O–H groups in total. The number of hydrogen-bond donors (Lipinski definition) is 2. The van der Waals surface area contributed by atoms with Crippen LogP contribution in [0.5, 0.6) is 5.75 Å². The van der Waals surface area contributed by atoms with Crippen LogP contribution in [0, 0.1) is 0 Å². The maximum absolute atomic E-state index is 11.2. The van der Waals surface area contributed by atoms with Crippen LogP contribution in [-0.2, 0) is 9.59 Å². The predicted molar refractivity (Wildman–Crippen MR) is 54.8 cm³/mol. The molecule has 0 fully saturated rings. The van der Waals surface area contributed by atoms with Gasteiger partial charge in [0.1, 0.15) is 17.9 Å². The second kappa shape index (κ2) is 4.09. The van der Waals surface area contributed by atoms with Gasteiger partial charge in [-0.2, -0.15) is 0 Å². The summed E-state index contributed by atoms with van der Waals surface area (Å²) in [4.78, 5) is 21.5. The van der Waals surface area contributed by atoms with E-state index in [0.29, 0.717) is 5.75 Å². The first kappa shape index (κ1) is 10.3. The molecule has 1 heterocycles. The van der Waals surface area contributed by atoms with Gasteiger partial charge >= 0.3 is 5.97 Å². The number of carbonyl (C=O) groups is 2. The Morgan fingerprint density at radius 1 is 1.44 bits per heavy atom. The predicted octanol–water partition coefficient (Wildman–Crippen LogP) is 0.349. The molecule has 84 valence electrons. The minimum Gasteiger partial charge on any atom is -0.481 e. The van der Waals surface area contributed by atoms with Crippen LogP contribution in [0.1, 0.15) is 6.42 Å². The fourth-order valence-corrected chi connectivity index (χ4v) is 1.43. The van der Waals surface area contributed by atoms with Crippen molar-refractivity contribution in [2.75, 3.05) is 11.7 Å². The summed E-state index contributed by atoms with van der Waals surface area (Å²) in [5.41, 5.74) is 3.18. The molecule has 0 unspecified atom stereocenters. The summed E-state index contributed by atoms with van der Waals surface area (Å²) in [6.45, 7) is 0.185. The number of carboxylic acids is 1. The number of hydrogen-bond acceptors (Lipinski definition) is 4. The van der Waals surface area contributed by atoms with E-state index in [1.54, 1.807) is 12.1 Å². The number of carbonyl (C=O) groups excluding carboxylic acids is 1. The summed E-state index contributed by atoms with van der Waals surface area (Å²) in [5.74, 6) is -1.07. The minimum absolute atomic E-state index is 0.185. The molecular weight excluding hydrogens is 212 g/mol. The molecule has 6 heteroatoms. The van der Waals surface area contributed by atoms with Gasteiger partial charge in [0.05, 0.1) is 0 Å². The molecule has 2 rings (SSSR count). The van der Waals surface area contributed by atoms with Gasteiger partial charge in [-0.1, -0.05) is 12.1 Å². The van der Waals surface area contributed by atoms with E-state index in [0.717, 1.165) is 5.69 Å². The van der Waals surface area contributed by atoms with Gasteiger partial charge in [0.25, 0.3) is 0 Å². The second-order valence-corrected chi connectivity index (χ2v) is 3.27. The van der Waals surface area contributed by atoms with E-state index in [1.807, 2.05) is 12.1 Å². The Bertz CT molecular complexity index is 433. The highest BCUT2D eigenvalue weighted by Gasteiger charge is 2.21. The lowest BCUT2D eigenvalue weighted by atomic mass is 10.3. The van der Waals surface area contributed by atoms with Crippen molar-refractivity contribution < 1.29 is 19.4 Å². The number of ether oxygens (including phenoxy) is 1. The summed E-state index contributed by atoms with van der Waals surface area (Å²) < 4.78 is 5.28. The monoisotopic (exact) mass is 222 g/mol. The Morgan fingerprint density at radius 3 is 2.94 bits per heavy atom. The summed E-state index contributed by atoms with van der Waals surface area (Å²) in [5, 5.41) is 9.92. The SMILES string of the molecule is O=C(O)CC(=O)NN1COc2ccccc21. The van der Waals surface area contributed by atoms with Gasteiger partial charge in [-0.25, -0.2) is 5.01 Å². The van der Waals surface area contributed by atoms with Gasteiger partial charge in [-0.15, -0.1) is 0 Å². The molecule has 0 radical (unpaired) electrons. The molecule has 0 saturated heterocycles. The number of para-hydroxylation sites is 2. The van der Waals surface area contributed by atoms with Gasteiger partial charge in [0, 0.05) is 0 Å². The largest absolute Gasteiger partial charge is 0.481 e. The van der Waals surface area contributed by atoms with Gasteiger partial charge < -0.3 is 9.84 Å². The molecule has 0 aromatic heterocycles. The number of amides is 1. The molecule has 1 aliphatic rings. The summed E-state index contributed by atoms with van der Waals surface area (Å²) in [7, 11) is 0. The number of nitrogens with one attached hydrogen (secondary N) is 1. The molecule has 1 aromatic carbocycles. The van der Waals surface area contributed by atoms with Crippen LogP contribution >= 0.6 is 0 Å². The maximum Gasteiger partial charge on any atom is 0.312 e. The zero-order chi connectivity index (χ0) is 11.5. The lowest BCUT2D eigenvalue weighted by molar-refractivity contribution is -0.140. The molecule has 0 bridgehead atoms. The van der Waals surface area contributed by atoms with E-state index in [9.17, 15) is 9.59 Å². The average Bonchev–Trinajstić information content (AvgIpc) is 2.61. The van der Waals surface area contributed by atoms with E-state index in [1.165, 1.54) is 5.01 Å². The van der Waals surface area contributed by atoms with Crippen LogP contribution in [0.25, 0.3) is 0 Å². The second-order valence-electron chi connectivity index (χ2n) is 3.27. The fraction of sp³-hybridized carbons (Fsp3) is 0.200. The topological polar surface area (TPSA) is 78.9 Å². The van der Waals surface area contributed by atoms with Crippen LogP contribution in [-0.4, -0.2) is 23.7 Å². The normalized spacial score (nSPS) is 12.9. The Hall–Kier alpha value is -2.24. The Morgan fingerprint density at radius 2 is 2.19 bits per heavy atom. The molecule has 1 amide bonds. The number of hydrazine groups is 1. The number of fused-ring (bicyclic) bond motifs is 1. The van der Waals surface area contributed by atoms with Crippen LogP contribution in [0.3, 0.4) is 0 Å². The molecule has 0 spiro atoms. The Kier molecular flexibility index (Phi) is 2.63. The maximum atomic E-state index is 11.2. The van der Waals surface area contributed by atoms with Crippen LogP contribution in [0.15, 0.2) is 24.3 Å². The zero-order valence-corrected chi connectivity index (χ0v) is 8.34. The van der Waals surface area contributed by atoms with Gasteiger partial charge in [0.2, 0.25) is 5.91 Å². The van der Waals surface area contributed by atoms with Gasteiger partial charge in [-0.05, 0) is 12.1 Å². The summed E-state index contributed by atoms with van der Waals surface area (Å²) >= 11 is 0. The highest BCUT2D eigenvalue weighted by molar-refractivity contribution is 5.94. The molecule has 0 saturated carbocycles. The fourth-order valence-electron chi connectivity index (χ4n) is 1.43. The zero-order valence-electron chi connectivity index (χ0n) is 8.34. The van der Waals surface area contributed by atoms with Crippen molar-refractivity contribution in [1.29, 1.82) is 0 Å². The van der Waals surface area contributed by atoms with Crippen molar-refractivity contribution in [2.24, 2.45) is 0 Å². The van der Waals surface area contributed by atoms with Crippen molar-refractivity contribution in [3.8, 4) is 5.75 Å². The molecular formula is C10H10N2O4. The van der Waals surface area contributed by atoms with Gasteiger partial charge in [0.15, 0.2) is 6.73 Å². The Labute approximate surface area is 91.4 Å². The number of carboxylic acid groups (broad SMARTS) is 1. The third-order valence-corrected chi connectivity index (χ3v) is 2.08. The van der Waals surface area contributed by atoms with Crippen LogP contribution in [0.4, 0.5) is 5.69 Å². The number of aliphatic carboxylic acids is 1. The first-order valence-corrected chi connectivity index (χ1v) is 4.67. The van der Waals surface area contributed by atoms with E-state index < -0.39 is 18.3 Å². The van der Waals surface area contributed by atoms with Crippen molar-refractivity contribution in [2.45, 2.75) is 6.42 Å². The lowest BCUT2D eigenvalue weighted by Gasteiger charge is -2.16. The number of benzene rings is 1. The highest BCUT2D eigenvalue weighted by atomic mass is 16.5. The average molecular weight is 222 g/mol. The minimum atomic E-state index is -1.16. The molecule has 16 heavy (non-hydrogen) atoms. The third-order valence-electron chi connectivity index (χ3n) is 2.08. The molecule has 1 aromatic rings. The van der Waals surface area contributed by atoms with Crippen molar-refractivity contribution in [3.05, 3.63) is 24.3 Å². The molecule has 1 aliphatic heterocycles. The summed E-state index contributed by atoms with van der Waals surface area (Å²) in [6.07, 6.45) is -0.557. The number of anilines is 1. The Balaban J connectivity index is 2.03. The summed E-state index contributed by atoms with van der Waals surface area (Å²) in [6, 6.07) is 7.19. The standard InChI is InChI=1S/C10H10N2O4/c13-9(5-10(14)15)11-12-6-16-8-4-2-1-3-7(8)12/h1-4H,5-6H2,(H,11,13)(H,14,15). The van der Waals surface area contributed by atoms with Crippen molar-refractivity contribution >= 4 is 17.6 Å². The van der Waals surface area contributed by atoms with Crippen LogP contribution in [0.2, 0.25) is 0 Å². The molecule has 6 nitrogen and oxygen atoms in total. The number of rotatable bonds is 3. The van der Waals surface area contributed by atoms with E-state index in [4.69, 9.17) is 9.84 Å². The van der Waals surface area contributed by atoms with E-state index >= 15 is 0 Å². The van der Waals surface area contributed by atoms with Crippen molar-refractivity contribution in [3.63, 3.8) is 0 Å². The number of nitrogens with zero attached hydrogens (tertiary/aromatic N) is 1. The first-order valence-electron chi connectivity index (χ1n) is 4.67. The highest BCUT2D eigenvalue weighted by Crippen LogP contribution is 2.31. The quantitative estimate of drug-likeness (QED) is 0.721. The molecule has 0 aliphatic carbocycles. The molecule has 0 atom stereocenters. The van der Waals surface area contributed by atoms with E-state index in [-0.39, 0.29) is 6.73 Å². The third kappa shape index (κ3) is 2.05. The first-order chi connectivity index (χ1) is 7.66.